The number of benzene rings is 3. The van der Waals surface area contributed by atoms with Crippen molar-refractivity contribution in [3.05, 3.63) is 84.4 Å². The first kappa shape index (κ1) is 46.7. The third-order valence-electron chi connectivity index (χ3n) is 7.86. The summed E-state index contributed by atoms with van der Waals surface area (Å²) in [6, 6.07) is 21.0. The number of imidazole rings is 1. The number of aromatic amines is 1. The van der Waals surface area contributed by atoms with Gasteiger partial charge < -0.3 is 34.9 Å². The fourth-order valence-corrected chi connectivity index (χ4v) is 5.42. The molecular formula is C44H63N7O5. The molecule has 0 aliphatic heterocycles. The zero-order valence-corrected chi connectivity index (χ0v) is 35.1. The van der Waals surface area contributed by atoms with Gasteiger partial charge in [-0.3, -0.25) is 14.6 Å². The normalized spacial score (nSPS) is 11.2. The molecule has 0 fully saturated rings. The number of nitrogens with zero attached hydrogens (tertiary/aromatic N) is 4. The predicted molar refractivity (Wildman–Crippen MR) is 229 cm³/mol. The number of aromatic nitrogens is 2. The number of H-pyrrole nitrogens is 1. The SMILES string of the molecule is CCC.CCCN(Cc1ncc(-c2ccc3cc(-c4ccc(/C(=C/N=CCN(CCC)C(=O)OC(C)(C)C)NC)cc4)ccc3c2)[nH]1)C(=O)CNC=O.COC. The largest absolute Gasteiger partial charge is 0.444 e. The standard InChI is InChI=1S/C39H49N7O4.C3H8.C2H6O/c1-7-18-45(38(49)50-39(3,4)5)20-17-41-23-34(40-6)29-11-9-28(10-12-29)30-13-14-32-22-33(16-15-31(32)21-30)35-24-43-36(44-35)26-46(19-8-2)37(48)25-42-27-47;2*1-3-2/h9-17,21-24,27,40H,7-8,18-20,25-26H2,1-6H3,(H,42,47)(H,43,44);3H2,1-2H3;1-2H3/b34-23-,41-17?;;. The monoisotopic (exact) mass is 769 g/mol. The van der Waals surface area contributed by atoms with Gasteiger partial charge >= 0.3 is 6.09 Å². The molecule has 0 unspecified atom stereocenters. The lowest BCUT2D eigenvalue weighted by atomic mass is 9.98. The van der Waals surface area contributed by atoms with Crippen molar-refractivity contribution in [3.8, 4) is 22.4 Å². The van der Waals surface area contributed by atoms with E-state index in [0.29, 0.717) is 38.4 Å². The zero-order chi connectivity index (χ0) is 41.5. The van der Waals surface area contributed by atoms with Gasteiger partial charge in [-0.1, -0.05) is 82.6 Å². The number of nitrogens with one attached hydrogen (secondary N) is 3. The zero-order valence-electron chi connectivity index (χ0n) is 35.1. The third-order valence-corrected chi connectivity index (χ3v) is 7.86. The van der Waals surface area contributed by atoms with Gasteiger partial charge in [0.2, 0.25) is 12.3 Å². The fraction of sp³-hybridized carbons (Fsp3) is 0.432. The van der Waals surface area contributed by atoms with E-state index in [1.165, 1.54) is 6.42 Å². The molecule has 12 nitrogen and oxygen atoms in total. The van der Waals surface area contributed by atoms with Crippen molar-refractivity contribution in [3.63, 3.8) is 0 Å². The molecule has 3 aromatic carbocycles. The molecule has 0 aliphatic carbocycles. The maximum absolute atomic E-state index is 12.5. The Morgan fingerprint density at radius 1 is 0.875 bits per heavy atom. The van der Waals surface area contributed by atoms with Crippen molar-refractivity contribution in [2.24, 2.45) is 4.99 Å². The Hall–Kier alpha value is -5.49. The number of amides is 3. The summed E-state index contributed by atoms with van der Waals surface area (Å²) in [5.74, 6) is 0.538. The fourth-order valence-electron chi connectivity index (χ4n) is 5.42. The Bertz CT molecular complexity index is 1840. The van der Waals surface area contributed by atoms with E-state index in [1.807, 2.05) is 41.7 Å². The Kier molecular flexibility index (Phi) is 20.7. The van der Waals surface area contributed by atoms with Gasteiger partial charge in [-0.15, -0.1) is 0 Å². The van der Waals surface area contributed by atoms with Gasteiger partial charge in [-0.25, -0.2) is 9.78 Å². The van der Waals surface area contributed by atoms with Crippen LogP contribution >= 0.6 is 0 Å². The lowest BCUT2D eigenvalue weighted by Crippen LogP contribution is -2.38. The lowest BCUT2D eigenvalue weighted by molar-refractivity contribution is -0.132. The molecule has 0 radical (unpaired) electrons. The number of aliphatic imine (C=N–C) groups is 1. The van der Waals surface area contributed by atoms with E-state index >= 15 is 0 Å². The van der Waals surface area contributed by atoms with E-state index in [4.69, 9.17) is 4.74 Å². The highest BCUT2D eigenvalue weighted by atomic mass is 16.6. The van der Waals surface area contributed by atoms with E-state index in [0.717, 1.165) is 57.3 Å². The number of hydrogen-bond donors (Lipinski definition) is 3. The molecule has 0 saturated carbocycles. The van der Waals surface area contributed by atoms with Crippen molar-refractivity contribution in [1.29, 1.82) is 0 Å². The summed E-state index contributed by atoms with van der Waals surface area (Å²) in [5, 5.41) is 7.88. The first-order chi connectivity index (χ1) is 26.9. The summed E-state index contributed by atoms with van der Waals surface area (Å²) in [4.78, 5) is 51.3. The van der Waals surface area contributed by atoms with Gasteiger partial charge in [0, 0.05) is 46.1 Å². The van der Waals surface area contributed by atoms with Gasteiger partial charge in [0.15, 0.2) is 0 Å². The first-order valence-electron chi connectivity index (χ1n) is 19.3. The summed E-state index contributed by atoms with van der Waals surface area (Å²) < 4.78 is 9.77. The van der Waals surface area contributed by atoms with Crippen molar-refractivity contribution in [1.82, 2.24) is 30.4 Å². The molecule has 3 N–H and O–H groups in total. The quantitative estimate of drug-likeness (QED) is 0.0769. The average molecular weight is 770 g/mol. The van der Waals surface area contributed by atoms with Crippen LogP contribution < -0.4 is 10.6 Å². The summed E-state index contributed by atoms with van der Waals surface area (Å²) in [6.07, 6.45) is 8.34. The second kappa shape index (κ2) is 24.8. The maximum Gasteiger partial charge on any atom is 0.410 e. The molecule has 0 bridgehead atoms. The van der Waals surface area contributed by atoms with Crippen LogP contribution in [-0.4, -0.2) is 97.4 Å². The molecule has 56 heavy (non-hydrogen) atoms. The first-order valence-corrected chi connectivity index (χ1v) is 19.3. The number of fused-ring (bicyclic) bond motifs is 1. The van der Waals surface area contributed by atoms with Gasteiger partial charge in [-0.05, 0) is 73.2 Å². The smallest absolute Gasteiger partial charge is 0.410 e. The molecule has 1 heterocycles. The minimum absolute atomic E-state index is 0.0325. The van der Waals surface area contributed by atoms with Crippen LogP contribution in [0.2, 0.25) is 0 Å². The number of rotatable bonds is 16. The number of hydrogen-bond acceptors (Lipinski definition) is 8. The van der Waals surface area contributed by atoms with Crippen LogP contribution in [0.25, 0.3) is 38.9 Å². The Labute approximate surface area is 333 Å². The highest BCUT2D eigenvalue weighted by molar-refractivity contribution is 5.90. The second-order valence-corrected chi connectivity index (χ2v) is 14.1. The lowest BCUT2D eigenvalue weighted by Gasteiger charge is -2.26. The number of methoxy groups -OCH3 is 1. The van der Waals surface area contributed by atoms with Gasteiger partial charge in [0.05, 0.1) is 43.4 Å². The molecule has 1 aromatic heterocycles. The highest BCUT2D eigenvalue weighted by Gasteiger charge is 2.21. The van der Waals surface area contributed by atoms with Gasteiger partial charge in [0.1, 0.15) is 11.4 Å². The maximum atomic E-state index is 12.5. The van der Waals surface area contributed by atoms with E-state index in [-0.39, 0.29) is 18.5 Å². The van der Waals surface area contributed by atoms with Crippen LogP contribution in [0.4, 0.5) is 4.79 Å². The minimum Gasteiger partial charge on any atom is -0.444 e. The highest BCUT2D eigenvalue weighted by Crippen LogP contribution is 2.29. The summed E-state index contributed by atoms with van der Waals surface area (Å²) in [6.45, 7) is 15.7. The molecular weight excluding hydrogens is 707 g/mol. The Morgan fingerprint density at radius 3 is 2.02 bits per heavy atom. The topological polar surface area (TPSA) is 141 Å². The molecule has 4 aromatic rings. The summed E-state index contributed by atoms with van der Waals surface area (Å²) >= 11 is 0. The van der Waals surface area contributed by atoms with Crippen molar-refractivity contribution in [2.75, 3.05) is 47.4 Å². The molecule has 0 atom stereocenters. The van der Waals surface area contributed by atoms with Crippen LogP contribution in [-0.2, 0) is 25.6 Å². The molecule has 0 spiro atoms. The molecule has 304 valence electrons. The average Bonchev–Trinajstić information content (AvgIpc) is 3.64. The summed E-state index contributed by atoms with van der Waals surface area (Å²) in [7, 11) is 5.11. The van der Waals surface area contributed by atoms with Crippen LogP contribution in [0.15, 0.2) is 78.1 Å². The van der Waals surface area contributed by atoms with Crippen molar-refractivity contribution >= 4 is 41.1 Å². The molecule has 4 rings (SSSR count). The third kappa shape index (κ3) is 15.7. The van der Waals surface area contributed by atoms with E-state index in [9.17, 15) is 14.4 Å². The van der Waals surface area contributed by atoms with Crippen LogP contribution in [0.3, 0.4) is 0 Å². The van der Waals surface area contributed by atoms with E-state index in [1.54, 1.807) is 42.6 Å². The molecule has 3 amide bonds. The predicted octanol–water partition coefficient (Wildman–Crippen LogP) is 8.30. The molecule has 12 heteroatoms. The second-order valence-electron chi connectivity index (χ2n) is 14.1. The van der Waals surface area contributed by atoms with Crippen LogP contribution in [0.5, 0.6) is 0 Å². The van der Waals surface area contributed by atoms with Crippen LogP contribution in [0.1, 0.15) is 79.1 Å². The summed E-state index contributed by atoms with van der Waals surface area (Å²) in [5.41, 5.74) is 5.39. The van der Waals surface area contributed by atoms with Crippen molar-refractivity contribution < 1.29 is 23.9 Å². The van der Waals surface area contributed by atoms with Crippen LogP contribution in [0, 0.1) is 0 Å². The Balaban J connectivity index is 0.00000169. The molecule has 0 aliphatic rings. The number of carbonyl (C=O) groups is 3. The number of carbonyl (C=O) groups excluding carboxylic acids is 3. The van der Waals surface area contributed by atoms with Gasteiger partial charge in [-0.2, -0.15) is 0 Å². The number of ether oxygens (including phenoxy) is 2. The van der Waals surface area contributed by atoms with Gasteiger partial charge in [0.25, 0.3) is 0 Å². The minimum atomic E-state index is -0.547. The Morgan fingerprint density at radius 2 is 1.45 bits per heavy atom. The van der Waals surface area contributed by atoms with E-state index in [2.05, 4.69) is 105 Å². The van der Waals surface area contributed by atoms with Crippen molar-refractivity contribution in [2.45, 2.75) is 79.9 Å². The molecule has 0 saturated heterocycles. The van der Waals surface area contributed by atoms with E-state index < -0.39 is 5.60 Å².